The average molecular weight is 374 g/mol. The molecule has 26 heavy (non-hydrogen) atoms. The van der Waals surface area contributed by atoms with Gasteiger partial charge in [-0.1, -0.05) is 12.1 Å². The molecule has 0 saturated heterocycles. The van der Waals surface area contributed by atoms with Crippen LogP contribution in [0.25, 0.3) is 11.0 Å². The molecule has 0 aliphatic rings. The number of ether oxygens (including phenoxy) is 2. The van der Waals surface area contributed by atoms with Crippen LogP contribution in [0.15, 0.2) is 47.6 Å². The molecule has 0 unspecified atom stereocenters. The van der Waals surface area contributed by atoms with Crippen molar-refractivity contribution in [1.82, 2.24) is 9.55 Å². The Morgan fingerprint density at radius 3 is 2.42 bits per heavy atom. The van der Waals surface area contributed by atoms with Gasteiger partial charge in [-0.05, 0) is 30.3 Å². The van der Waals surface area contributed by atoms with E-state index in [1.807, 2.05) is 0 Å². The SMILES string of the molecule is COc1ccc(C(=O)Cn2c(S(C)(=O)=O)nc3ccccc32)cc1OC. The number of hydrogen-bond donors (Lipinski definition) is 0. The quantitative estimate of drug-likeness (QED) is 0.616. The van der Waals surface area contributed by atoms with Gasteiger partial charge < -0.3 is 14.0 Å². The monoisotopic (exact) mass is 374 g/mol. The molecule has 3 aromatic rings. The summed E-state index contributed by atoms with van der Waals surface area (Å²) in [6, 6.07) is 11.8. The maximum absolute atomic E-state index is 12.8. The first-order valence-electron chi connectivity index (χ1n) is 7.75. The highest BCUT2D eigenvalue weighted by molar-refractivity contribution is 7.90. The third-order valence-corrected chi connectivity index (χ3v) is 4.93. The van der Waals surface area contributed by atoms with E-state index in [1.54, 1.807) is 42.5 Å². The summed E-state index contributed by atoms with van der Waals surface area (Å²) < 4.78 is 36.0. The summed E-state index contributed by atoms with van der Waals surface area (Å²) in [5.41, 5.74) is 1.50. The summed E-state index contributed by atoms with van der Waals surface area (Å²) in [6.07, 6.45) is 1.07. The van der Waals surface area contributed by atoms with Gasteiger partial charge in [0.25, 0.3) is 0 Å². The lowest BCUT2D eigenvalue weighted by Crippen LogP contribution is -2.16. The summed E-state index contributed by atoms with van der Waals surface area (Å²) in [7, 11) is -0.599. The molecule has 7 nitrogen and oxygen atoms in total. The number of rotatable bonds is 6. The van der Waals surface area contributed by atoms with Gasteiger partial charge in [0.05, 0.1) is 31.8 Å². The smallest absolute Gasteiger partial charge is 0.228 e. The highest BCUT2D eigenvalue weighted by Crippen LogP contribution is 2.28. The van der Waals surface area contributed by atoms with Gasteiger partial charge in [-0.15, -0.1) is 0 Å². The van der Waals surface area contributed by atoms with E-state index in [-0.39, 0.29) is 17.5 Å². The molecule has 0 spiro atoms. The van der Waals surface area contributed by atoms with E-state index in [2.05, 4.69) is 4.98 Å². The fourth-order valence-electron chi connectivity index (χ4n) is 2.73. The average Bonchev–Trinajstić information content (AvgIpc) is 3.00. The highest BCUT2D eigenvalue weighted by Gasteiger charge is 2.22. The second-order valence-electron chi connectivity index (χ2n) is 5.73. The van der Waals surface area contributed by atoms with Crippen molar-refractivity contribution >= 4 is 26.7 Å². The Bertz CT molecular complexity index is 1090. The summed E-state index contributed by atoms with van der Waals surface area (Å²) in [6.45, 7) is -0.154. The van der Waals surface area contributed by atoms with Gasteiger partial charge in [-0.2, -0.15) is 0 Å². The Labute approximate surface area is 151 Å². The lowest BCUT2D eigenvalue weighted by Gasteiger charge is -2.10. The van der Waals surface area contributed by atoms with Crippen LogP contribution in [0.2, 0.25) is 0 Å². The number of carbonyl (C=O) groups excluding carboxylic acids is 1. The van der Waals surface area contributed by atoms with Crippen LogP contribution in [0.4, 0.5) is 0 Å². The molecule has 2 aromatic carbocycles. The van der Waals surface area contributed by atoms with E-state index < -0.39 is 9.84 Å². The normalized spacial score (nSPS) is 11.5. The molecular weight excluding hydrogens is 356 g/mol. The zero-order valence-corrected chi connectivity index (χ0v) is 15.4. The van der Waals surface area contributed by atoms with Gasteiger partial charge in [0, 0.05) is 11.8 Å². The molecule has 3 rings (SSSR count). The number of aromatic nitrogens is 2. The molecule has 0 aliphatic heterocycles. The Balaban J connectivity index is 2.05. The Morgan fingerprint density at radius 2 is 1.77 bits per heavy atom. The number of nitrogens with zero attached hydrogens (tertiary/aromatic N) is 2. The van der Waals surface area contributed by atoms with Crippen molar-refractivity contribution in [3.63, 3.8) is 0 Å². The van der Waals surface area contributed by atoms with Crippen LogP contribution in [0, 0.1) is 0 Å². The van der Waals surface area contributed by atoms with Crippen LogP contribution < -0.4 is 9.47 Å². The molecule has 0 aliphatic carbocycles. The van der Waals surface area contributed by atoms with Gasteiger partial charge in [0.1, 0.15) is 0 Å². The molecule has 1 aromatic heterocycles. The first kappa shape index (κ1) is 17.9. The molecule has 0 bridgehead atoms. The molecule has 0 radical (unpaired) electrons. The standard InChI is InChI=1S/C18H18N2O5S/c1-24-16-9-8-12(10-17(16)25-2)15(21)11-20-14-7-5-4-6-13(14)19-18(20)26(3,22)23/h4-10H,11H2,1-3H3. The second-order valence-corrected chi connectivity index (χ2v) is 7.64. The maximum Gasteiger partial charge on any atom is 0.228 e. The first-order valence-corrected chi connectivity index (χ1v) is 9.65. The zero-order valence-electron chi connectivity index (χ0n) is 14.6. The van der Waals surface area contributed by atoms with Crippen molar-refractivity contribution in [3.8, 4) is 11.5 Å². The molecule has 0 atom stereocenters. The van der Waals surface area contributed by atoms with E-state index in [0.717, 1.165) is 6.26 Å². The van der Waals surface area contributed by atoms with Crippen molar-refractivity contribution in [2.75, 3.05) is 20.5 Å². The highest BCUT2D eigenvalue weighted by atomic mass is 32.2. The third kappa shape index (κ3) is 3.28. The molecule has 0 N–H and O–H groups in total. The number of imidazole rings is 1. The minimum absolute atomic E-state index is 0.132. The van der Waals surface area contributed by atoms with Gasteiger partial charge >= 0.3 is 0 Å². The molecular formula is C18H18N2O5S. The number of benzene rings is 2. The zero-order chi connectivity index (χ0) is 18.9. The van der Waals surface area contributed by atoms with Crippen molar-refractivity contribution < 1.29 is 22.7 Å². The number of sulfone groups is 1. The van der Waals surface area contributed by atoms with Crippen LogP contribution in [0.3, 0.4) is 0 Å². The second kappa shape index (κ2) is 6.80. The largest absolute Gasteiger partial charge is 0.493 e. The maximum atomic E-state index is 12.8. The van der Waals surface area contributed by atoms with Gasteiger partial charge in [-0.3, -0.25) is 4.79 Å². The van der Waals surface area contributed by atoms with E-state index in [0.29, 0.717) is 28.1 Å². The Kier molecular flexibility index (Phi) is 4.69. The summed E-state index contributed by atoms with van der Waals surface area (Å²) in [4.78, 5) is 16.9. The minimum atomic E-state index is -3.59. The van der Waals surface area contributed by atoms with Crippen LogP contribution in [0.5, 0.6) is 11.5 Å². The number of Topliss-reactive ketones (excluding diaryl/α,β-unsaturated/α-hetero) is 1. The molecule has 8 heteroatoms. The van der Waals surface area contributed by atoms with Crippen LogP contribution >= 0.6 is 0 Å². The molecule has 1 heterocycles. The number of para-hydroxylation sites is 2. The van der Waals surface area contributed by atoms with Gasteiger partial charge in [0.15, 0.2) is 17.3 Å². The van der Waals surface area contributed by atoms with Crippen molar-refractivity contribution in [1.29, 1.82) is 0 Å². The van der Waals surface area contributed by atoms with E-state index in [4.69, 9.17) is 9.47 Å². The number of fused-ring (bicyclic) bond motifs is 1. The first-order chi connectivity index (χ1) is 12.3. The Morgan fingerprint density at radius 1 is 1.08 bits per heavy atom. The van der Waals surface area contributed by atoms with Crippen molar-refractivity contribution in [3.05, 3.63) is 48.0 Å². The van der Waals surface area contributed by atoms with Crippen LogP contribution in [-0.2, 0) is 16.4 Å². The molecule has 0 fully saturated rings. The number of ketones is 1. The van der Waals surface area contributed by atoms with E-state index in [9.17, 15) is 13.2 Å². The van der Waals surface area contributed by atoms with Crippen molar-refractivity contribution in [2.24, 2.45) is 0 Å². The lowest BCUT2D eigenvalue weighted by atomic mass is 10.1. The van der Waals surface area contributed by atoms with Gasteiger partial charge in [-0.25, -0.2) is 13.4 Å². The van der Waals surface area contributed by atoms with Crippen molar-refractivity contribution in [2.45, 2.75) is 11.7 Å². The lowest BCUT2D eigenvalue weighted by molar-refractivity contribution is 0.0970. The number of methoxy groups -OCH3 is 2. The van der Waals surface area contributed by atoms with Crippen LogP contribution in [-0.4, -0.2) is 44.2 Å². The Hall–Kier alpha value is -2.87. The van der Waals surface area contributed by atoms with E-state index in [1.165, 1.54) is 18.8 Å². The van der Waals surface area contributed by atoms with Crippen LogP contribution in [0.1, 0.15) is 10.4 Å². The molecule has 0 amide bonds. The predicted molar refractivity (Wildman–Crippen MR) is 96.7 cm³/mol. The summed E-state index contributed by atoms with van der Waals surface area (Å²) in [5, 5.41) is -0.132. The summed E-state index contributed by atoms with van der Waals surface area (Å²) >= 11 is 0. The predicted octanol–water partition coefficient (Wildman–Crippen LogP) is 2.34. The fraction of sp³-hybridized carbons (Fsp3) is 0.222. The topological polar surface area (TPSA) is 87.5 Å². The third-order valence-electron chi connectivity index (χ3n) is 3.96. The summed E-state index contributed by atoms with van der Waals surface area (Å²) in [5.74, 6) is 0.671. The molecule has 136 valence electrons. The minimum Gasteiger partial charge on any atom is -0.493 e. The number of carbonyl (C=O) groups is 1. The molecule has 0 saturated carbocycles. The van der Waals surface area contributed by atoms with E-state index >= 15 is 0 Å². The van der Waals surface area contributed by atoms with Gasteiger partial charge in [0.2, 0.25) is 15.0 Å². The number of hydrogen-bond acceptors (Lipinski definition) is 6. The fourth-order valence-corrected chi connectivity index (χ4v) is 3.56.